The molecule has 2 N–H and O–H groups in total. The topological polar surface area (TPSA) is 93.1 Å². The molecule has 0 fully saturated rings. The number of hydrogen-bond donors (Lipinski definition) is 2. The van der Waals surface area contributed by atoms with E-state index < -0.39 is 0 Å². The number of esters is 2. The van der Waals surface area contributed by atoms with Crippen LogP contribution in [0.1, 0.15) is 87.8 Å². The van der Waals surface area contributed by atoms with Gasteiger partial charge in [-0.2, -0.15) is 11.8 Å². The molecule has 0 amide bonds. The Kier molecular flexibility index (Phi) is 11.8. The van der Waals surface area contributed by atoms with E-state index in [4.69, 9.17) is 9.47 Å². The van der Waals surface area contributed by atoms with Crippen LogP contribution in [0, 0.1) is 13.8 Å². The Bertz CT molecular complexity index is 1050. The number of carbonyl (C=O) groups is 2. The van der Waals surface area contributed by atoms with Crippen LogP contribution in [0.5, 0.6) is 11.5 Å². The molecule has 0 radical (unpaired) electrons. The minimum Gasteiger partial charge on any atom is -0.507 e. The molecule has 0 heterocycles. The number of aromatic hydroxyl groups is 2. The fourth-order valence-corrected chi connectivity index (χ4v) is 4.92. The maximum Gasteiger partial charge on any atom is 0.306 e. The monoisotopic (exact) mass is 558 g/mol. The molecule has 0 spiro atoms. The number of hydrogen-bond acceptors (Lipinski definition) is 7. The van der Waals surface area contributed by atoms with Crippen molar-refractivity contribution in [1.82, 2.24) is 0 Å². The number of ether oxygens (including phenoxy) is 2. The van der Waals surface area contributed by atoms with Crippen molar-refractivity contribution in [1.29, 1.82) is 0 Å². The van der Waals surface area contributed by atoms with Crippen LogP contribution in [0.15, 0.2) is 24.3 Å². The summed E-state index contributed by atoms with van der Waals surface area (Å²) in [6.07, 6.45) is 1.70. The Morgan fingerprint density at radius 3 is 1.38 bits per heavy atom. The number of phenolic OH excluding ortho intramolecular Hbond substituents is 2. The van der Waals surface area contributed by atoms with Gasteiger partial charge in [0.1, 0.15) is 24.7 Å². The van der Waals surface area contributed by atoms with Gasteiger partial charge in [0, 0.05) is 24.3 Å². The van der Waals surface area contributed by atoms with Gasteiger partial charge in [0.15, 0.2) is 0 Å². The van der Waals surface area contributed by atoms with Gasteiger partial charge in [0.05, 0.1) is 0 Å². The molecule has 2 rings (SSSR count). The van der Waals surface area contributed by atoms with E-state index in [1.165, 1.54) is 0 Å². The molecule has 0 aliphatic heterocycles. The van der Waals surface area contributed by atoms with Crippen LogP contribution in [-0.2, 0) is 42.7 Å². The van der Waals surface area contributed by atoms with E-state index in [-0.39, 0.29) is 35.6 Å². The summed E-state index contributed by atoms with van der Waals surface area (Å²) in [4.78, 5) is 24.3. The summed E-state index contributed by atoms with van der Waals surface area (Å²) in [5.41, 5.74) is 5.05. The summed E-state index contributed by atoms with van der Waals surface area (Å²) in [7, 11) is 0. The van der Waals surface area contributed by atoms with Crippen LogP contribution in [0.4, 0.5) is 0 Å². The van der Waals surface area contributed by atoms with Crippen LogP contribution in [0.2, 0.25) is 0 Å². The largest absolute Gasteiger partial charge is 0.507 e. The summed E-state index contributed by atoms with van der Waals surface area (Å²) in [5, 5.41) is 20.7. The van der Waals surface area contributed by atoms with Crippen LogP contribution < -0.4 is 0 Å². The lowest BCUT2D eigenvalue weighted by Gasteiger charge is -2.22. The highest BCUT2D eigenvalue weighted by atomic mass is 32.2. The maximum atomic E-state index is 12.2. The van der Waals surface area contributed by atoms with E-state index in [1.54, 1.807) is 11.8 Å². The average Bonchev–Trinajstić information content (AvgIpc) is 2.83. The molecule has 0 saturated heterocycles. The fourth-order valence-electron chi connectivity index (χ4n) is 4.31. The normalized spacial score (nSPS) is 11.9. The van der Waals surface area contributed by atoms with E-state index in [9.17, 15) is 19.8 Å². The molecule has 216 valence electrons. The average molecular weight is 559 g/mol. The molecule has 0 bridgehead atoms. The third-order valence-electron chi connectivity index (χ3n) is 6.55. The molecule has 6 nitrogen and oxygen atoms in total. The summed E-state index contributed by atoms with van der Waals surface area (Å²) in [5.74, 6) is 1.42. The van der Waals surface area contributed by atoms with Gasteiger partial charge >= 0.3 is 11.9 Å². The molecular weight excluding hydrogens is 512 g/mol. The standard InChI is InChI=1S/C32H46O6S/c1-21-17-23(19-25(29(21)35)31(3,4)5)9-11-27(33)37-13-15-39-16-14-38-28(34)12-10-24-18-22(2)30(36)26(20-24)32(6,7)8/h17-20,35-36H,9-16H2,1-8H3. The van der Waals surface area contributed by atoms with Crippen molar-refractivity contribution in [3.8, 4) is 11.5 Å². The van der Waals surface area contributed by atoms with Crippen molar-refractivity contribution in [2.24, 2.45) is 0 Å². The Balaban J connectivity index is 1.63. The molecule has 0 atom stereocenters. The molecule has 2 aromatic carbocycles. The van der Waals surface area contributed by atoms with Crippen LogP contribution in [-0.4, -0.2) is 46.9 Å². The number of rotatable bonds is 12. The van der Waals surface area contributed by atoms with E-state index in [0.717, 1.165) is 33.4 Å². The van der Waals surface area contributed by atoms with Crippen LogP contribution in [0.25, 0.3) is 0 Å². The number of phenols is 2. The smallest absolute Gasteiger partial charge is 0.306 e. The van der Waals surface area contributed by atoms with Gasteiger partial charge < -0.3 is 19.7 Å². The fraction of sp³-hybridized carbons (Fsp3) is 0.562. The Morgan fingerprint density at radius 1 is 0.692 bits per heavy atom. The highest BCUT2D eigenvalue weighted by Gasteiger charge is 2.21. The Hall–Kier alpha value is -2.67. The molecule has 39 heavy (non-hydrogen) atoms. The zero-order chi connectivity index (χ0) is 29.4. The van der Waals surface area contributed by atoms with E-state index in [1.807, 2.05) is 38.1 Å². The Morgan fingerprint density at radius 2 is 1.05 bits per heavy atom. The maximum absolute atomic E-state index is 12.2. The second kappa shape index (κ2) is 14.1. The SMILES string of the molecule is Cc1cc(CCC(=O)OCCSCCOC(=O)CCc2cc(C)c(O)c(C(C)(C)C)c2)cc(C(C)(C)C)c1O. The molecule has 0 saturated carbocycles. The molecule has 0 aromatic heterocycles. The van der Waals surface area contributed by atoms with E-state index in [2.05, 4.69) is 41.5 Å². The molecular formula is C32H46O6S. The molecule has 2 aromatic rings. The highest BCUT2D eigenvalue weighted by Crippen LogP contribution is 2.35. The summed E-state index contributed by atoms with van der Waals surface area (Å²) in [6.45, 7) is 16.7. The summed E-state index contributed by atoms with van der Waals surface area (Å²) >= 11 is 1.57. The first kappa shape index (κ1) is 32.5. The number of carbonyl (C=O) groups excluding carboxylic acids is 2. The molecule has 7 heteroatoms. The summed E-state index contributed by atoms with van der Waals surface area (Å²) < 4.78 is 10.7. The zero-order valence-corrected chi connectivity index (χ0v) is 25.7. The first-order chi connectivity index (χ1) is 18.1. The van der Waals surface area contributed by atoms with Crippen molar-refractivity contribution in [2.45, 2.75) is 91.9 Å². The Labute approximate surface area is 238 Å². The van der Waals surface area contributed by atoms with Crippen LogP contribution in [0.3, 0.4) is 0 Å². The van der Waals surface area contributed by atoms with Gasteiger partial charge in [-0.1, -0.05) is 65.8 Å². The third kappa shape index (κ3) is 10.4. The predicted molar refractivity (Wildman–Crippen MR) is 159 cm³/mol. The molecule has 0 aliphatic rings. The molecule has 0 aliphatic carbocycles. The van der Waals surface area contributed by atoms with E-state index in [0.29, 0.717) is 49.1 Å². The van der Waals surface area contributed by atoms with Crippen molar-refractivity contribution in [3.05, 3.63) is 57.6 Å². The minimum atomic E-state index is -0.246. The van der Waals surface area contributed by atoms with Gasteiger partial charge in [-0.25, -0.2) is 0 Å². The zero-order valence-electron chi connectivity index (χ0n) is 24.9. The second-order valence-corrected chi connectivity index (χ2v) is 13.4. The quantitative estimate of drug-likeness (QED) is 0.221. The van der Waals surface area contributed by atoms with E-state index >= 15 is 0 Å². The molecule has 0 unspecified atom stereocenters. The number of aryl methyl sites for hydroxylation is 4. The van der Waals surface area contributed by atoms with Crippen molar-refractivity contribution in [3.63, 3.8) is 0 Å². The van der Waals surface area contributed by atoms with Gasteiger partial charge in [0.25, 0.3) is 0 Å². The number of thioether (sulfide) groups is 1. The van der Waals surface area contributed by atoms with Crippen molar-refractivity contribution in [2.75, 3.05) is 24.7 Å². The predicted octanol–water partition coefficient (Wildman–Crippen LogP) is 6.69. The first-order valence-corrected chi connectivity index (χ1v) is 14.8. The lowest BCUT2D eigenvalue weighted by Crippen LogP contribution is -2.13. The van der Waals surface area contributed by atoms with Gasteiger partial charge in [-0.15, -0.1) is 0 Å². The van der Waals surface area contributed by atoms with Crippen LogP contribution >= 0.6 is 11.8 Å². The highest BCUT2D eigenvalue weighted by molar-refractivity contribution is 7.99. The third-order valence-corrected chi connectivity index (χ3v) is 7.46. The lowest BCUT2D eigenvalue weighted by atomic mass is 9.83. The van der Waals surface area contributed by atoms with Gasteiger partial charge in [-0.05, 0) is 70.9 Å². The first-order valence-electron chi connectivity index (χ1n) is 13.6. The van der Waals surface area contributed by atoms with Crippen molar-refractivity contribution >= 4 is 23.7 Å². The minimum absolute atomic E-state index is 0.182. The summed E-state index contributed by atoms with van der Waals surface area (Å²) in [6, 6.07) is 7.79. The van der Waals surface area contributed by atoms with Gasteiger partial charge in [0.2, 0.25) is 0 Å². The van der Waals surface area contributed by atoms with Crippen molar-refractivity contribution < 1.29 is 29.3 Å². The second-order valence-electron chi connectivity index (χ2n) is 12.2. The van der Waals surface area contributed by atoms with Gasteiger partial charge in [-0.3, -0.25) is 9.59 Å². The lowest BCUT2D eigenvalue weighted by molar-refractivity contribution is -0.143. The number of benzene rings is 2.